The summed E-state index contributed by atoms with van der Waals surface area (Å²) in [6, 6.07) is 0. The largest absolute Gasteiger partial charge is 0.389 e. The van der Waals surface area contributed by atoms with Crippen molar-refractivity contribution in [2.75, 3.05) is 26.3 Å². The van der Waals surface area contributed by atoms with Gasteiger partial charge in [0.05, 0.1) is 12.7 Å². The molecule has 3 nitrogen and oxygen atoms in total. The number of aliphatic hydroxyl groups is 1. The molecule has 0 saturated carbocycles. The van der Waals surface area contributed by atoms with E-state index < -0.39 is 6.10 Å². The topological polar surface area (TPSA) is 41.5 Å². The number of ether oxygens (including phenoxy) is 1. The summed E-state index contributed by atoms with van der Waals surface area (Å²) in [7, 11) is 0. The predicted octanol–water partition coefficient (Wildman–Crippen LogP) is 4.00. The van der Waals surface area contributed by atoms with Gasteiger partial charge >= 0.3 is 0 Å². The molecule has 0 aromatic carbocycles. The number of hydrogen-bond acceptors (Lipinski definition) is 3. The van der Waals surface area contributed by atoms with Crippen LogP contribution in [-0.2, 0) is 4.74 Å². The fourth-order valence-electron chi connectivity index (χ4n) is 2.39. The average molecular weight is 302 g/mol. The first-order valence-electron chi connectivity index (χ1n) is 8.84. The lowest BCUT2D eigenvalue weighted by molar-refractivity contribution is 0.0336. The Morgan fingerprint density at radius 2 is 1.86 bits per heavy atom. The van der Waals surface area contributed by atoms with E-state index in [1.54, 1.807) is 0 Å². The van der Waals surface area contributed by atoms with Crippen LogP contribution in [0.25, 0.3) is 0 Å². The lowest BCUT2D eigenvalue weighted by atomic mass is 9.87. The normalized spacial score (nSPS) is 13.9. The molecule has 0 aromatic heterocycles. The monoisotopic (exact) mass is 301 g/mol. The number of unbranched alkanes of at least 4 members (excludes halogenated alkanes) is 2. The summed E-state index contributed by atoms with van der Waals surface area (Å²) < 4.78 is 5.52. The second-order valence-electron chi connectivity index (χ2n) is 7.52. The first-order chi connectivity index (χ1) is 9.87. The SMILES string of the molecule is CCCCCC(C)(C)CNCC(O)COCCCC(C)C. The number of hydrogen-bond donors (Lipinski definition) is 2. The minimum atomic E-state index is -0.393. The first-order valence-corrected chi connectivity index (χ1v) is 8.84. The average Bonchev–Trinajstić information content (AvgIpc) is 2.37. The molecule has 21 heavy (non-hydrogen) atoms. The van der Waals surface area contributed by atoms with Crippen LogP contribution in [0.4, 0.5) is 0 Å². The van der Waals surface area contributed by atoms with Crippen LogP contribution in [0, 0.1) is 11.3 Å². The van der Waals surface area contributed by atoms with Crippen LogP contribution < -0.4 is 5.32 Å². The lowest BCUT2D eigenvalue weighted by Gasteiger charge is -2.25. The molecule has 3 heteroatoms. The molecule has 128 valence electrons. The van der Waals surface area contributed by atoms with E-state index in [4.69, 9.17) is 4.74 Å². The van der Waals surface area contributed by atoms with Crippen LogP contribution in [0.3, 0.4) is 0 Å². The van der Waals surface area contributed by atoms with Crippen LogP contribution in [0.1, 0.15) is 73.1 Å². The molecule has 0 radical (unpaired) electrons. The quantitative estimate of drug-likeness (QED) is 0.477. The Morgan fingerprint density at radius 1 is 1.14 bits per heavy atom. The van der Waals surface area contributed by atoms with Gasteiger partial charge in [-0.3, -0.25) is 0 Å². The molecule has 0 spiro atoms. The molecule has 0 heterocycles. The van der Waals surface area contributed by atoms with Crippen LogP contribution in [-0.4, -0.2) is 37.5 Å². The van der Waals surface area contributed by atoms with Gasteiger partial charge in [0.25, 0.3) is 0 Å². The van der Waals surface area contributed by atoms with E-state index in [2.05, 4.69) is 39.9 Å². The van der Waals surface area contributed by atoms with Crippen molar-refractivity contribution in [2.24, 2.45) is 11.3 Å². The minimum Gasteiger partial charge on any atom is -0.389 e. The van der Waals surface area contributed by atoms with Gasteiger partial charge in [0.2, 0.25) is 0 Å². The van der Waals surface area contributed by atoms with Crippen molar-refractivity contribution in [3.05, 3.63) is 0 Å². The van der Waals surface area contributed by atoms with Crippen molar-refractivity contribution in [2.45, 2.75) is 79.2 Å². The summed E-state index contributed by atoms with van der Waals surface area (Å²) in [5.74, 6) is 0.732. The van der Waals surface area contributed by atoms with E-state index in [1.165, 1.54) is 32.1 Å². The fourth-order valence-corrected chi connectivity index (χ4v) is 2.39. The lowest BCUT2D eigenvalue weighted by Crippen LogP contribution is -2.36. The third-order valence-corrected chi connectivity index (χ3v) is 3.82. The van der Waals surface area contributed by atoms with E-state index in [1.807, 2.05) is 0 Å². The standard InChI is InChI=1S/C18H39NO2/c1-6-7-8-11-18(4,5)15-19-13-17(20)14-21-12-9-10-16(2)3/h16-17,19-20H,6-15H2,1-5H3. The van der Waals surface area contributed by atoms with Crippen molar-refractivity contribution in [1.82, 2.24) is 5.32 Å². The minimum absolute atomic E-state index is 0.313. The molecule has 0 rings (SSSR count). The predicted molar refractivity (Wildman–Crippen MR) is 91.7 cm³/mol. The van der Waals surface area contributed by atoms with E-state index >= 15 is 0 Å². The summed E-state index contributed by atoms with van der Waals surface area (Å²) >= 11 is 0. The Kier molecular flexibility index (Phi) is 12.4. The van der Waals surface area contributed by atoms with Gasteiger partial charge < -0.3 is 15.2 Å². The highest BCUT2D eigenvalue weighted by atomic mass is 16.5. The molecule has 2 N–H and O–H groups in total. The second kappa shape index (κ2) is 12.4. The Hall–Kier alpha value is -0.120. The van der Waals surface area contributed by atoms with E-state index in [9.17, 15) is 5.11 Å². The third kappa shape index (κ3) is 14.6. The summed E-state index contributed by atoms with van der Waals surface area (Å²) in [6.45, 7) is 14.1. The van der Waals surface area contributed by atoms with Crippen LogP contribution in [0.15, 0.2) is 0 Å². The van der Waals surface area contributed by atoms with Gasteiger partial charge in [0.15, 0.2) is 0 Å². The Balaban J connectivity index is 3.53. The zero-order valence-electron chi connectivity index (χ0n) is 15.1. The highest BCUT2D eigenvalue weighted by Crippen LogP contribution is 2.22. The molecule has 0 aromatic rings. The fraction of sp³-hybridized carbons (Fsp3) is 1.00. The zero-order chi connectivity index (χ0) is 16.1. The smallest absolute Gasteiger partial charge is 0.0897 e. The maximum Gasteiger partial charge on any atom is 0.0897 e. The molecule has 0 aliphatic rings. The maximum absolute atomic E-state index is 9.88. The molecular formula is C18H39NO2. The van der Waals surface area contributed by atoms with Crippen LogP contribution >= 0.6 is 0 Å². The van der Waals surface area contributed by atoms with E-state index in [0.717, 1.165) is 25.5 Å². The number of rotatable bonds is 14. The Morgan fingerprint density at radius 3 is 2.48 bits per heavy atom. The number of nitrogens with one attached hydrogen (secondary N) is 1. The zero-order valence-corrected chi connectivity index (χ0v) is 15.1. The molecular weight excluding hydrogens is 262 g/mol. The number of aliphatic hydroxyl groups excluding tert-OH is 1. The van der Waals surface area contributed by atoms with Gasteiger partial charge in [-0.25, -0.2) is 0 Å². The van der Waals surface area contributed by atoms with Gasteiger partial charge in [-0.05, 0) is 30.6 Å². The molecule has 0 saturated heterocycles. The van der Waals surface area contributed by atoms with E-state index in [-0.39, 0.29) is 0 Å². The van der Waals surface area contributed by atoms with Gasteiger partial charge in [-0.15, -0.1) is 0 Å². The van der Waals surface area contributed by atoms with Gasteiger partial charge in [0.1, 0.15) is 0 Å². The van der Waals surface area contributed by atoms with Crippen molar-refractivity contribution >= 4 is 0 Å². The van der Waals surface area contributed by atoms with E-state index in [0.29, 0.717) is 18.6 Å². The summed E-state index contributed by atoms with van der Waals surface area (Å²) in [5, 5.41) is 13.3. The third-order valence-electron chi connectivity index (χ3n) is 3.82. The van der Waals surface area contributed by atoms with Crippen molar-refractivity contribution in [3.63, 3.8) is 0 Å². The molecule has 0 aliphatic heterocycles. The highest BCUT2D eigenvalue weighted by molar-refractivity contribution is 4.72. The van der Waals surface area contributed by atoms with Crippen LogP contribution in [0.5, 0.6) is 0 Å². The summed E-state index contributed by atoms with van der Waals surface area (Å²) in [4.78, 5) is 0. The maximum atomic E-state index is 9.88. The summed E-state index contributed by atoms with van der Waals surface area (Å²) in [5.41, 5.74) is 0.313. The molecule has 0 fully saturated rings. The molecule has 0 bridgehead atoms. The molecule has 1 unspecified atom stereocenters. The highest BCUT2D eigenvalue weighted by Gasteiger charge is 2.17. The summed E-state index contributed by atoms with van der Waals surface area (Å²) in [6.07, 6.45) is 7.02. The van der Waals surface area contributed by atoms with Crippen molar-refractivity contribution < 1.29 is 9.84 Å². The molecule has 1 atom stereocenters. The molecule has 0 amide bonds. The van der Waals surface area contributed by atoms with Gasteiger partial charge in [0, 0.05) is 19.7 Å². The van der Waals surface area contributed by atoms with Gasteiger partial charge in [-0.1, -0.05) is 53.9 Å². The first kappa shape index (κ1) is 20.9. The Bertz CT molecular complexity index is 229. The van der Waals surface area contributed by atoms with Crippen molar-refractivity contribution in [3.8, 4) is 0 Å². The van der Waals surface area contributed by atoms with Gasteiger partial charge in [-0.2, -0.15) is 0 Å². The molecule has 0 aliphatic carbocycles. The van der Waals surface area contributed by atoms with Crippen LogP contribution in [0.2, 0.25) is 0 Å². The second-order valence-corrected chi connectivity index (χ2v) is 7.52. The Labute approximate surface area is 132 Å². The van der Waals surface area contributed by atoms with Crippen molar-refractivity contribution in [1.29, 1.82) is 0 Å².